The van der Waals surface area contributed by atoms with Gasteiger partial charge in [-0.3, -0.25) is 4.90 Å². The average Bonchev–Trinajstić information content (AvgIpc) is 2.26. The number of carboxylic acid groups (broad SMARTS) is 1. The lowest BCUT2D eigenvalue weighted by Crippen LogP contribution is -2.30. The number of rotatable bonds is 7. The number of halogens is 3. The number of aliphatic carboxylic acids is 1. The maximum atomic E-state index is 10.6. The Kier molecular flexibility index (Phi) is 12.2. The van der Waals surface area contributed by atoms with Gasteiger partial charge in [0.05, 0.1) is 13.2 Å². The zero-order valence-electron chi connectivity index (χ0n) is 10.3. The van der Waals surface area contributed by atoms with E-state index in [0.29, 0.717) is 13.1 Å². The summed E-state index contributed by atoms with van der Waals surface area (Å²) in [6.45, 7) is 4.85. The summed E-state index contributed by atoms with van der Waals surface area (Å²) in [5.74, 6) is -2.76. The molecule has 0 aliphatic heterocycles. The van der Waals surface area contributed by atoms with Crippen molar-refractivity contribution in [2.75, 3.05) is 32.8 Å². The lowest BCUT2D eigenvalue weighted by molar-refractivity contribution is -0.192. The molecular formula is C10H20F3NO4. The van der Waals surface area contributed by atoms with E-state index in [4.69, 9.17) is 20.1 Å². The maximum Gasteiger partial charge on any atom is 0.490 e. The quantitative estimate of drug-likeness (QED) is 0.637. The molecule has 3 N–H and O–H groups in total. The van der Waals surface area contributed by atoms with Crippen molar-refractivity contribution in [3.8, 4) is 0 Å². The van der Waals surface area contributed by atoms with Gasteiger partial charge in [0, 0.05) is 13.1 Å². The second-order valence-electron chi connectivity index (χ2n) is 3.45. The van der Waals surface area contributed by atoms with Gasteiger partial charge in [-0.25, -0.2) is 4.79 Å². The van der Waals surface area contributed by atoms with E-state index in [0.717, 1.165) is 19.4 Å². The molecule has 0 fully saturated rings. The first kappa shape index (κ1) is 19.5. The summed E-state index contributed by atoms with van der Waals surface area (Å²) in [5.41, 5.74) is 0. The van der Waals surface area contributed by atoms with Crippen LogP contribution in [0.4, 0.5) is 13.2 Å². The van der Waals surface area contributed by atoms with Gasteiger partial charge in [0.2, 0.25) is 0 Å². The Morgan fingerprint density at radius 2 is 1.50 bits per heavy atom. The molecule has 0 aromatic heterocycles. The van der Waals surface area contributed by atoms with Crippen molar-refractivity contribution in [3.05, 3.63) is 0 Å². The maximum absolute atomic E-state index is 10.6. The molecule has 18 heavy (non-hydrogen) atoms. The SMILES string of the molecule is CCCCN(CCO)CCO.O=C(O)C(F)(F)F. The van der Waals surface area contributed by atoms with Crippen LogP contribution in [0.15, 0.2) is 0 Å². The number of hydrogen-bond donors (Lipinski definition) is 3. The lowest BCUT2D eigenvalue weighted by Gasteiger charge is -2.19. The molecule has 0 unspecified atom stereocenters. The normalized spacial score (nSPS) is 11.1. The number of unbranched alkanes of at least 4 members (excludes halogenated alkanes) is 1. The van der Waals surface area contributed by atoms with Crippen LogP contribution in [0.2, 0.25) is 0 Å². The van der Waals surface area contributed by atoms with Gasteiger partial charge < -0.3 is 15.3 Å². The van der Waals surface area contributed by atoms with Gasteiger partial charge in [-0.15, -0.1) is 0 Å². The standard InChI is InChI=1S/C8H19NO2.C2HF3O2/c1-2-3-4-9(5-7-10)6-8-11;3-2(4,5)1(6)7/h10-11H,2-8H2,1H3;(H,6,7). The molecule has 0 aromatic carbocycles. The molecule has 0 heterocycles. The van der Waals surface area contributed by atoms with Crippen LogP contribution < -0.4 is 0 Å². The zero-order chi connectivity index (χ0) is 14.6. The van der Waals surface area contributed by atoms with Gasteiger partial charge in [-0.2, -0.15) is 13.2 Å². The second kappa shape index (κ2) is 11.2. The summed E-state index contributed by atoms with van der Waals surface area (Å²) >= 11 is 0. The summed E-state index contributed by atoms with van der Waals surface area (Å²) in [4.78, 5) is 11.0. The zero-order valence-corrected chi connectivity index (χ0v) is 10.3. The molecule has 0 atom stereocenters. The molecule has 0 amide bonds. The summed E-state index contributed by atoms with van der Waals surface area (Å²) in [6, 6.07) is 0. The third-order valence-electron chi connectivity index (χ3n) is 1.90. The fourth-order valence-electron chi connectivity index (χ4n) is 1.000. The molecule has 0 saturated heterocycles. The van der Waals surface area contributed by atoms with Crippen LogP contribution in [0.25, 0.3) is 0 Å². The van der Waals surface area contributed by atoms with Gasteiger partial charge in [-0.05, 0) is 13.0 Å². The minimum absolute atomic E-state index is 0.184. The minimum Gasteiger partial charge on any atom is -0.475 e. The molecule has 0 bridgehead atoms. The predicted molar refractivity (Wildman–Crippen MR) is 59.2 cm³/mol. The van der Waals surface area contributed by atoms with Crippen molar-refractivity contribution < 1.29 is 33.3 Å². The van der Waals surface area contributed by atoms with E-state index in [-0.39, 0.29) is 13.2 Å². The van der Waals surface area contributed by atoms with Crippen LogP contribution in [-0.4, -0.2) is 65.2 Å². The Balaban J connectivity index is 0. The van der Waals surface area contributed by atoms with Crippen LogP contribution >= 0.6 is 0 Å². The monoisotopic (exact) mass is 275 g/mol. The Hall–Kier alpha value is -0.860. The van der Waals surface area contributed by atoms with Gasteiger partial charge >= 0.3 is 12.1 Å². The van der Waals surface area contributed by atoms with E-state index >= 15 is 0 Å². The predicted octanol–water partition coefficient (Wildman–Crippen LogP) is 0.706. The largest absolute Gasteiger partial charge is 0.490 e. The first-order valence-electron chi connectivity index (χ1n) is 5.53. The Labute approximate surface area is 104 Å². The molecule has 0 aromatic rings. The van der Waals surface area contributed by atoms with Crippen molar-refractivity contribution in [1.82, 2.24) is 4.90 Å². The average molecular weight is 275 g/mol. The fourth-order valence-corrected chi connectivity index (χ4v) is 1.000. The molecule has 8 heteroatoms. The third-order valence-corrected chi connectivity index (χ3v) is 1.90. The first-order chi connectivity index (χ1) is 8.29. The highest BCUT2D eigenvalue weighted by atomic mass is 19.4. The van der Waals surface area contributed by atoms with Gasteiger partial charge in [-0.1, -0.05) is 13.3 Å². The molecule has 0 rings (SSSR count). The number of aliphatic hydroxyl groups excluding tert-OH is 2. The summed E-state index contributed by atoms with van der Waals surface area (Å²) < 4.78 is 31.7. The molecule has 110 valence electrons. The molecular weight excluding hydrogens is 255 g/mol. The Morgan fingerprint density at radius 1 is 1.11 bits per heavy atom. The molecule has 0 aliphatic carbocycles. The van der Waals surface area contributed by atoms with E-state index in [1.165, 1.54) is 0 Å². The van der Waals surface area contributed by atoms with Gasteiger partial charge in [0.1, 0.15) is 0 Å². The fraction of sp³-hybridized carbons (Fsp3) is 0.900. The number of nitrogens with zero attached hydrogens (tertiary/aromatic N) is 1. The van der Waals surface area contributed by atoms with Crippen LogP contribution in [-0.2, 0) is 4.79 Å². The Bertz CT molecular complexity index is 206. The van der Waals surface area contributed by atoms with Crippen molar-refractivity contribution in [2.45, 2.75) is 25.9 Å². The smallest absolute Gasteiger partial charge is 0.475 e. The molecule has 5 nitrogen and oxygen atoms in total. The topological polar surface area (TPSA) is 81.0 Å². The van der Waals surface area contributed by atoms with Crippen LogP contribution in [0.5, 0.6) is 0 Å². The molecule has 0 aliphatic rings. The number of carboxylic acids is 1. The van der Waals surface area contributed by atoms with E-state index in [1.807, 2.05) is 0 Å². The van der Waals surface area contributed by atoms with Crippen molar-refractivity contribution in [2.24, 2.45) is 0 Å². The van der Waals surface area contributed by atoms with Crippen LogP contribution in [0.3, 0.4) is 0 Å². The van der Waals surface area contributed by atoms with E-state index in [2.05, 4.69) is 11.8 Å². The molecule has 0 radical (unpaired) electrons. The van der Waals surface area contributed by atoms with Gasteiger partial charge in [0.15, 0.2) is 0 Å². The number of carbonyl (C=O) groups is 1. The van der Waals surface area contributed by atoms with Gasteiger partial charge in [0.25, 0.3) is 0 Å². The highest BCUT2D eigenvalue weighted by molar-refractivity contribution is 5.73. The molecule has 0 spiro atoms. The van der Waals surface area contributed by atoms with Crippen LogP contribution in [0, 0.1) is 0 Å². The third kappa shape index (κ3) is 13.2. The van der Waals surface area contributed by atoms with Crippen molar-refractivity contribution >= 4 is 5.97 Å². The van der Waals surface area contributed by atoms with Crippen molar-refractivity contribution in [3.63, 3.8) is 0 Å². The lowest BCUT2D eigenvalue weighted by atomic mass is 10.3. The molecule has 0 saturated carbocycles. The summed E-state index contributed by atoms with van der Waals surface area (Å²) in [5, 5.41) is 24.4. The summed E-state index contributed by atoms with van der Waals surface area (Å²) in [6.07, 6.45) is -2.78. The number of alkyl halides is 3. The highest BCUT2D eigenvalue weighted by Gasteiger charge is 2.38. The van der Waals surface area contributed by atoms with E-state index in [9.17, 15) is 13.2 Å². The van der Waals surface area contributed by atoms with E-state index in [1.54, 1.807) is 0 Å². The Morgan fingerprint density at radius 3 is 1.72 bits per heavy atom. The number of aliphatic hydroxyl groups is 2. The second-order valence-corrected chi connectivity index (χ2v) is 3.45. The van der Waals surface area contributed by atoms with Crippen LogP contribution in [0.1, 0.15) is 19.8 Å². The first-order valence-corrected chi connectivity index (χ1v) is 5.53. The number of hydrogen-bond acceptors (Lipinski definition) is 4. The van der Waals surface area contributed by atoms with Crippen molar-refractivity contribution in [1.29, 1.82) is 0 Å². The highest BCUT2D eigenvalue weighted by Crippen LogP contribution is 2.13. The minimum atomic E-state index is -5.08. The summed E-state index contributed by atoms with van der Waals surface area (Å²) in [7, 11) is 0. The van der Waals surface area contributed by atoms with E-state index < -0.39 is 12.1 Å².